The summed E-state index contributed by atoms with van der Waals surface area (Å²) in [6.45, 7) is 0. The Balaban J connectivity index is 1.56. The Bertz CT molecular complexity index is 567. The second-order valence-corrected chi connectivity index (χ2v) is 8.49. The molecule has 0 amide bonds. The number of nitrogens with zero attached hydrogens (tertiary/aromatic N) is 2. The number of hydrogen-bond acceptors (Lipinski definition) is 5. The van der Waals surface area contributed by atoms with E-state index in [-0.39, 0.29) is 5.82 Å². The second-order valence-electron chi connectivity index (χ2n) is 4.74. The smallest absolute Gasteiger partial charge is 0.175 e. The zero-order valence-corrected chi connectivity index (χ0v) is 13.4. The Labute approximate surface area is 130 Å². The average Bonchev–Trinajstić information content (AvgIpc) is 3.10. The molecule has 0 N–H and O–H groups in total. The summed E-state index contributed by atoms with van der Waals surface area (Å²) < 4.78 is 15.5. The molecule has 2 aromatic rings. The van der Waals surface area contributed by atoms with Crippen LogP contribution in [0.25, 0.3) is 0 Å². The van der Waals surface area contributed by atoms with Gasteiger partial charge in [0.1, 0.15) is 5.82 Å². The fourth-order valence-corrected chi connectivity index (χ4v) is 5.72. The summed E-state index contributed by atoms with van der Waals surface area (Å²) in [5, 5.41) is 9.14. The van der Waals surface area contributed by atoms with Gasteiger partial charge in [0.05, 0.1) is 0 Å². The summed E-state index contributed by atoms with van der Waals surface area (Å²) in [6.07, 6.45) is 5.26. The molecular formula is C14H15FN2S3. The molecular weight excluding hydrogens is 311 g/mol. The lowest BCUT2D eigenvalue weighted by Gasteiger charge is -2.03. The van der Waals surface area contributed by atoms with Crippen LogP contribution >= 0.6 is 34.9 Å². The van der Waals surface area contributed by atoms with Crippen molar-refractivity contribution in [1.82, 2.24) is 10.2 Å². The molecule has 1 saturated carbocycles. The van der Waals surface area contributed by atoms with E-state index in [1.165, 1.54) is 31.7 Å². The van der Waals surface area contributed by atoms with Crippen molar-refractivity contribution in [2.45, 2.75) is 45.4 Å². The van der Waals surface area contributed by atoms with E-state index in [1.54, 1.807) is 29.2 Å². The summed E-state index contributed by atoms with van der Waals surface area (Å²) >= 11 is 5.04. The molecule has 0 aliphatic heterocycles. The molecule has 0 radical (unpaired) electrons. The first-order valence-electron chi connectivity index (χ1n) is 6.67. The Hall–Kier alpha value is -0.590. The first kappa shape index (κ1) is 14.4. The van der Waals surface area contributed by atoms with E-state index in [9.17, 15) is 4.39 Å². The van der Waals surface area contributed by atoms with Crippen LogP contribution in [0.15, 0.2) is 32.9 Å². The van der Waals surface area contributed by atoms with Crippen molar-refractivity contribution in [3.05, 3.63) is 35.6 Å². The van der Waals surface area contributed by atoms with E-state index in [0.717, 1.165) is 14.2 Å². The van der Waals surface area contributed by atoms with E-state index >= 15 is 0 Å². The molecule has 1 aliphatic rings. The quantitative estimate of drug-likeness (QED) is 0.722. The number of halogens is 1. The molecule has 20 heavy (non-hydrogen) atoms. The molecule has 1 heterocycles. The summed E-state index contributed by atoms with van der Waals surface area (Å²) in [6, 6.07) is 6.89. The number of rotatable bonds is 5. The summed E-state index contributed by atoms with van der Waals surface area (Å²) in [4.78, 5) is 0. The van der Waals surface area contributed by atoms with E-state index in [2.05, 4.69) is 10.2 Å². The van der Waals surface area contributed by atoms with E-state index in [0.29, 0.717) is 11.0 Å². The molecule has 0 spiro atoms. The second kappa shape index (κ2) is 6.91. The maximum Gasteiger partial charge on any atom is 0.175 e. The van der Waals surface area contributed by atoms with Crippen molar-refractivity contribution in [2.24, 2.45) is 0 Å². The summed E-state index contributed by atoms with van der Waals surface area (Å²) in [7, 11) is 0. The third kappa shape index (κ3) is 3.74. The largest absolute Gasteiger partial charge is 0.207 e. The predicted molar refractivity (Wildman–Crippen MR) is 84.0 cm³/mol. The number of hydrogen-bond donors (Lipinski definition) is 0. The molecule has 1 fully saturated rings. The monoisotopic (exact) mass is 326 g/mol. The molecule has 0 unspecified atom stereocenters. The third-order valence-corrected chi connectivity index (χ3v) is 6.79. The highest BCUT2D eigenvalue weighted by atomic mass is 32.2. The molecule has 1 aromatic heterocycles. The normalized spacial score (nSPS) is 15.8. The van der Waals surface area contributed by atoms with Gasteiger partial charge in [-0.15, -0.1) is 10.2 Å². The lowest BCUT2D eigenvalue weighted by Crippen LogP contribution is -1.92. The van der Waals surface area contributed by atoms with Crippen molar-refractivity contribution in [3.8, 4) is 0 Å². The van der Waals surface area contributed by atoms with Gasteiger partial charge in [-0.25, -0.2) is 4.39 Å². The zero-order chi connectivity index (χ0) is 13.8. The molecule has 0 saturated heterocycles. The van der Waals surface area contributed by atoms with Gasteiger partial charge in [-0.3, -0.25) is 0 Å². The van der Waals surface area contributed by atoms with Crippen molar-refractivity contribution in [3.63, 3.8) is 0 Å². The Kier molecular flexibility index (Phi) is 4.96. The van der Waals surface area contributed by atoms with Gasteiger partial charge in [-0.1, -0.05) is 65.9 Å². The lowest BCUT2D eigenvalue weighted by molar-refractivity contribution is 0.617. The maximum atomic E-state index is 13.5. The fraction of sp³-hybridized carbons (Fsp3) is 0.429. The van der Waals surface area contributed by atoms with Gasteiger partial charge in [0.2, 0.25) is 0 Å². The molecule has 106 valence electrons. The highest BCUT2D eigenvalue weighted by molar-refractivity contribution is 8.03. The molecule has 6 heteroatoms. The zero-order valence-electron chi connectivity index (χ0n) is 10.9. The van der Waals surface area contributed by atoms with Gasteiger partial charge in [-0.2, -0.15) is 0 Å². The van der Waals surface area contributed by atoms with Gasteiger partial charge < -0.3 is 0 Å². The topological polar surface area (TPSA) is 25.8 Å². The highest BCUT2D eigenvalue weighted by Gasteiger charge is 2.18. The number of aromatic nitrogens is 2. The Morgan fingerprint density at radius 3 is 2.70 bits per heavy atom. The molecule has 1 aliphatic carbocycles. The minimum absolute atomic E-state index is 0.148. The van der Waals surface area contributed by atoms with E-state index in [4.69, 9.17) is 0 Å². The van der Waals surface area contributed by atoms with Crippen molar-refractivity contribution >= 4 is 34.9 Å². The van der Waals surface area contributed by atoms with Crippen LogP contribution in [-0.2, 0) is 5.75 Å². The van der Waals surface area contributed by atoms with E-state index < -0.39 is 0 Å². The molecule has 3 rings (SSSR count). The number of thioether (sulfide) groups is 2. The predicted octanol–water partition coefficient (Wildman–Crippen LogP) is 5.00. The first-order valence-corrected chi connectivity index (χ1v) is 9.36. The first-order chi connectivity index (χ1) is 9.81. The fourth-order valence-electron chi connectivity index (χ4n) is 2.21. The van der Waals surface area contributed by atoms with Gasteiger partial charge in [0, 0.05) is 11.0 Å². The summed E-state index contributed by atoms with van der Waals surface area (Å²) in [5.74, 6) is 0.458. The van der Waals surface area contributed by atoms with Crippen LogP contribution in [-0.4, -0.2) is 15.4 Å². The minimum atomic E-state index is -0.148. The number of benzene rings is 1. The van der Waals surface area contributed by atoms with Gasteiger partial charge in [-0.05, 0) is 24.5 Å². The van der Waals surface area contributed by atoms with E-state index in [1.807, 2.05) is 23.9 Å². The maximum absolute atomic E-state index is 13.5. The standard InChI is InChI=1S/C14H15FN2S3/c15-12-8-4-1-5-10(12)9-18-13-16-17-14(20-13)19-11-6-2-3-7-11/h1,4-5,8,11H,2-3,6-7,9H2. The molecule has 1 aromatic carbocycles. The van der Waals surface area contributed by atoms with Crippen molar-refractivity contribution in [1.29, 1.82) is 0 Å². The molecule has 2 nitrogen and oxygen atoms in total. The Morgan fingerprint density at radius 2 is 1.90 bits per heavy atom. The van der Waals surface area contributed by atoms with Gasteiger partial charge in [0.15, 0.2) is 8.68 Å². The van der Waals surface area contributed by atoms with Crippen LogP contribution in [0, 0.1) is 5.82 Å². The van der Waals surface area contributed by atoms with Gasteiger partial charge in [0.25, 0.3) is 0 Å². The SMILES string of the molecule is Fc1ccccc1CSc1nnc(SC2CCCC2)s1. The average molecular weight is 326 g/mol. The van der Waals surface area contributed by atoms with Crippen LogP contribution in [0.2, 0.25) is 0 Å². The lowest BCUT2D eigenvalue weighted by atomic mass is 10.2. The van der Waals surface area contributed by atoms with Crippen LogP contribution in [0.4, 0.5) is 4.39 Å². The summed E-state index contributed by atoms with van der Waals surface area (Å²) in [5.41, 5.74) is 0.720. The molecule has 0 bridgehead atoms. The Morgan fingerprint density at radius 1 is 1.15 bits per heavy atom. The van der Waals surface area contributed by atoms with Crippen LogP contribution in [0.1, 0.15) is 31.2 Å². The minimum Gasteiger partial charge on any atom is -0.207 e. The van der Waals surface area contributed by atoms with Crippen molar-refractivity contribution in [2.75, 3.05) is 0 Å². The van der Waals surface area contributed by atoms with Crippen LogP contribution in [0.3, 0.4) is 0 Å². The third-order valence-electron chi connectivity index (χ3n) is 3.27. The molecule has 0 atom stereocenters. The van der Waals surface area contributed by atoms with Crippen LogP contribution in [0.5, 0.6) is 0 Å². The highest BCUT2D eigenvalue weighted by Crippen LogP contribution is 2.38. The van der Waals surface area contributed by atoms with Gasteiger partial charge >= 0.3 is 0 Å². The van der Waals surface area contributed by atoms with Crippen LogP contribution < -0.4 is 0 Å². The van der Waals surface area contributed by atoms with Crippen molar-refractivity contribution < 1.29 is 4.39 Å².